The molecule has 1 amide bonds. The molecule has 4 N–H and O–H groups in total. The number of benzene rings is 1. The summed E-state index contributed by atoms with van der Waals surface area (Å²) in [5.74, 6) is 6.05. The number of pyridine rings is 1. The first kappa shape index (κ1) is 16.3. The minimum atomic E-state index is -0.464. The van der Waals surface area contributed by atoms with Crippen molar-refractivity contribution in [3.8, 4) is 23.1 Å². The van der Waals surface area contributed by atoms with E-state index < -0.39 is 5.91 Å². The van der Waals surface area contributed by atoms with Gasteiger partial charge in [0.25, 0.3) is 0 Å². The fourth-order valence-corrected chi connectivity index (χ4v) is 2.58. The summed E-state index contributed by atoms with van der Waals surface area (Å²) in [5, 5.41) is 4.61. The second kappa shape index (κ2) is 6.61. The Morgan fingerprint density at radius 1 is 1.00 bits per heavy atom. The Morgan fingerprint density at radius 2 is 1.81 bits per heavy atom. The molecule has 3 heterocycles. The Balaban J connectivity index is 1.72. The zero-order valence-electron chi connectivity index (χ0n) is 14.1. The van der Waals surface area contributed by atoms with Gasteiger partial charge in [0.1, 0.15) is 11.5 Å². The standard InChI is InChI=1S/C20H14N6O/c21-18-11-13(9-10-23-18)1-6-16-12-24-19-8-7-17(25-26(16)19)14-2-4-15(5-3-14)20(22)27/h2-5,7-12H,(H2,21,23)(H2,22,27). The lowest BCUT2D eigenvalue weighted by atomic mass is 10.1. The van der Waals surface area contributed by atoms with E-state index in [9.17, 15) is 4.79 Å². The normalized spacial score (nSPS) is 10.4. The molecule has 0 radical (unpaired) electrons. The number of hydrogen-bond donors (Lipinski definition) is 2. The second-order valence-electron chi connectivity index (χ2n) is 5.79. The number of imidazole rings is 1. The minimum Gasteiger partial charge on any atom is -0.384 e. The molecule has 0 unspecified atom stereocenters. The molecule has 7 nitrogen and oxygen atoms in total. The van der Waals surface area contributed by atoms with Crippen LogP contribution in [0.2, 0.25) is 0 Å². The number of primary amides is 1. The third-order valence-electron chi connectivity index (χ3n) is 3.94. The van der Waals surface area contributed by atoms with E-state index in [1.54, 1.807) is 53.3 Å². The first-order valence-corrected chi connectivity index (χ1v) is 8.09. The monoisotopic (exact) mass is 354 g/mol. The zero-order chi connectivity index (χ0) is 18.8. The fraction of sp³-hybridized carbons (Fsp3) is 0. The molecule has 1 aromatic carbocycles. The predicted octanol–water partition coefficient (Wildman–Crippen LogP) is 1.87. The molecular weight excluding hydrogens is 340 g/mol. The molecule has 4 rings (SSSR count). The highest BCUT2D eigenvalue weighted by Gasteiger charge is 2.07. The molecule has 7 heteroatoms. The molecular formula is C20H14N6O. The van der Waals surface area contributed by atoms with Crippen LogP contribution in [0.4, 0.5) is 5.82 Å². The summed E-state index contributed by atoms with van der Waals surface area (Å²) in [5.41, 5.74) is 15.1. The summed E-state index contributed by atoms with van der Waals surface area (Å²) in [6.45, 7) is 0. The maximum atomic E-state index is 11.2. The van der Waals surface area contributed by atoms with Crippen LogP contribution in [0.15, 0.2) is 60.9 Å². The van der Waals surface area contributed by atoms with Crippen LogP contribution in [0.1, 0.15) is 21.6 Å². The molecule has 0 aliphatic rings. The molecule has 0 bridgehead atoms. The van der Waals surface area contributed by atoms with Gasteiger partial charge in [-0.25, -0.2) is 14.5 Å². The molecule has 0 atom stereocenters. The number of carbonyl (C=O) groups is 1. The molecule has 27 heavy (non-hydrogen) atoms. The number of rotatable bonds is 2. The summed E-state index contributed by atoms with van der Waals surface area (Å²) < 4.78 is 1.68. The number of amides is 1. The van der Waals surface area contributed by atoms with Gasteiger partial charge >= 0.3 is 0 Å². The van der Waals surface area contributed by atoms with E-state index in [4.69, 9.17) is 11.5 Å². The van der Waals surface area contributed by atoms with Crippen molar-refractivity contribution >= 4 is 17.4 Å². The van der Waals surface area contributed by atoms with Crippen molar-refractivity contribution in [1.82, 2.24) is 19.6 Å². The molecule has 0 aliphatic heterocycles. The number of carbonyl (C=O) groups excluding carboxylic acids is 1. The van der Waals surface area contributed by atoms with Crippen molar-refractivity contribution in [1.29, 1.82) is 0 Å². The Morgan fingerprint density at radius 3 is 2.56 bits per heavy atom. The average molecular weight is 354 g/mol. The second-order valence-corrected chi connectivity index (χ2v) is 5.79. The van der Waals surface area contributed by atoms with Gasteiger partial charge in [-0.1, -0.05) is 18.1 Å². The average Bonchev–Trinajstić information content (AvgIpc) is 3.09. The summed E-state index contributed by atoms with van der Waals surface area (Å²) in [6, 6.07) is 14.2. The first-order valence-electron chi connectivity index (χ1n) is 8.09. The van der Waals surface area contributed by atoms with Crippen LogP contribution in [0.25, 0.3) is 16.9 Å². The van der Waals surface area contributed by atoms with Crippen molar-refractivity contribution < 1.29 is 4.79 Å². The predicted molar refractivity (Wildman–Crippen MR) is 102 cm³/mol. The van der Waals surface area contributed by atoms with Gasteiger partial charge in [0.2, 0.25) is 5.91 Å². The van der Waals surface area contributed by atoms with E-state index in [0.717, 1.165) is 16.8 Å². The van der Waals surface area contributed by atoms with E-state index in [1.807, 2.05) is 12.1 Å². The van der Waals surface area contributed by atoms with Crippen LogP contribution >= 0.6 is 0 Å². The van der Waals surface area contributed by atoms with E-state index >= 15 is 0 Å². The lowest BCUT2D eigenvalue weighted by Crippen LogP contribution is -2.10. The summed E-state index contributed by atoms with van der Waals surface area (Å²) in [6.07, 6.45) is 3.28. The molecule has 0 spiro atoms. The molecule has 0 saturated heterocycles. The molecule has 3 aromatic heterocycles. The van der Waals surface area contributed by atoms with Gasteiger partial charge in [0.05, 0.1) is 11.9 Å². The quantitative estimate of drug-likeness (QED) is 0.534. The number of aromatic nitrogens is 4. The van der Waals surface area contributed by atoms with Gasteiger partial charge in [-0.2, -0.15) is 5.10 Å². The highest BCUT2D eigenvalue weighted by atomic mass is 16.1. The third-order valence-corrected chi connectivity index (χ3v) is 3.94. The molecule has 0 aliphatic carbocycles. The van der Waals surface area contributed by atoms with Crippen LogP contribution in [0.5, 0.6) is 0 Å². The number of hydrogen-bond acceptors (Lipinski definition) is 5. The maximum Gasteiger partial charge on any atom is 0.248 e. The van der Waals surface area contributed by atoms with Crippen molar-refractivity contribution in [3.63, 3.8) is 0 Å². The Labute approximate surface area is 154 Å². The number of nitrogens with two attached hydrogens (primary N) is 2. The van der Waals surface area contributed by atoms with Gasteiger partial charge in [-0.15, -0.1) is 0 Å². The largest absolute Gasteiger partial charge is 0.384 e. The third kappa shape index (κ3) is 3.32. The van der Waals surface area contributed by atoms with Crippen LogP contribution in [-0.2, 0) is 0 Å². The lowest BCUT2D eigenvalue weighted by molar-refractivity contribution is 0.100. The van der Waals surface area contributed by atoms with E-state index in [0.29, 0.717) is 22.7 Å². The summed E-state index contributed by atoms with van der Waals surface area (Å²) >= 11 is 0. The first-order chi connectivity index (χ1) is 13.1. The molecule has 4 aromatic rings. The van der Waals surface area contributed by atoms with Crippen LogP contribution in [-0.4, -0.2) is 25.5 Å². The van der Waals surface area contributed by atoms with Gasteiger partial charge in [0, 0.05) is 22.9 Å². The van der Waals surface area contributed by atoms with E-state index in [2.05, 4.69) is 26.9 Å². The fourth-order valence-electron chi connectivity index (χ4n) is 2.58. The van der Waals surface area contributed by atoms with Crippen LogP contribution in [0.3, 0.4) is 0 Å². The smallest absolute Gasteiger partial charge is 0.248 e. The minimum absolute atomic E-state index is 0.416. The van der Waals surface area contributed by atoms with Gasteiger partial charge in [-0.05, 0) is 42.3 Å². The highest BCUT2D eigenvalue weighted by molar-refractivity contribution is 5.93. The van der Waals surface area contributed by atoms with E-state index in [1.165, 1.54) is 0 Å². The summed E-state index contributed by atoms with van der Waals surface area (Å²) in [7, 11) is 0. The SMILES string of the molecule is NC(=O)c1ccc(-c2ccc3ncc(C#Cc4ccnc(N)c4)n3n2)cc1. The van der Waals surface area contributed by atoms with Crippen LogP contribution < -0.4 is 11.5 Å². The molecule has 130 valence electrons. The molecule has 0 saturated carbocycles. The Bertz CT molecular complexity index is 1210. The Hall–Kier alpha value is -4.18. The van der Waals surface area contributed by atoms with Crippen LogP contribution in [0, 0.1) is 11.8 Å². The highest BCUT2D eigenvalue weighted by Crippen LogP contribution is 2.18. The zero-order valence-corrected chi connectivity index (χ0v) is 14.1. The number of nitrogens with zero attached hydrogens (tertiary/aromatic N) is 4. The number of nitrogen functional groups attached to an aromatic ring is 1. The van der Waals surface area contributed by atoms with Crippen molar-refractivity contribution in [2.75, 3.05) is 5.73 Å². The molecule has 0 fully saturated rings. The van der Waals surface area contributed by atoms with Gasteiger partial charge in [0.15, 0.2) is 5.65 Å². The van der Waals surface area contributed by atoms with Gasteiger partial charge in [-0.3, -0.25) is 4.79 Å². The van der Waals surface area contributed by atoms with Crippen molar-refractivity contribution in [3.05, 3.63) is 77.7 Å². The van der Waals surface area contributed by atoms with Crippen molar-refractivity contribution in [2.24, 2.45) is 5.73 Å². The van der Waals surface area contributed by atoms with Crippen molar-refractivity contribution in [2.45, 2.75) is 0 Å². The maximum absolute atomic E-state index is 11.2. The summed E-state index contributed by atoms with van der Waals surface area (Å²) in [4.78, 5) is 19.5. The Kier molecular flexibility index (Phi) is 3.99. The number of anilines is 1. The topological polar surface area (TPSA) is 112 Å². The van der Waals surface area contributed by atoms with E-state index in [-0.39, 0.29) is 0 Å². The number of fused-ring (bicyclic) bond motifs is 1. The van der Waals surface area contributed by atoms with Gasteiger partial charge < -0.3 is 11.5 Å². The lowest BCUT2D eigenvalue weighted by Gasteiger charge is -2.03.